The lowest BCUT2D eigenvalue weighted by molar-refractivity contribution is -0.146. The number of carbonyl (C=O) groups is 2. The molecule has 1 aromatic carbocycles. The van der Waals surface area contributed by atoms with Gasteiger partial charge in [-0.3, -0.25) is 9.59 Å². The first kappa shape index (κ1) is 33.6. The van der Waals surface area contributed by atoms with Crippen molar-refractivity contribution in [2.24, 2.45) is 40.7 Å². The molecule has 4 aliphatic carbocycles. The highest BCUT2D eigenvalue weighted by molar-refractivity contribution is 5.96. The summed E-state index contributed by atoms with van der Waals surface area (Å²) in [5.74, 6) is 2.93. The number of aliphatic hydroxyl groups is 1. The van der Waals surface area contributed by atoms with Crippen LogP contribution < -0.4 is 21.1 Å². The largest absolute Gasteiger partial charge is 0.493 e. The Bertz CT molecular complexity index is 955. The Morgan fingerprint density at radius 2 is 1.61 bits per heavy atom. The minimum atomic E-state index is -0.831. The molecule has 41 heavy (non-hydrogen) atoms. The molecule has 4 saturated carbocycles. The van der Waals surface area contributed by atoms with Crippen molar-refractivity contribution in [1.82, 2.24) is 10.6 Å². The van der Waals surface area contributed by atoms with E-state index in [4.69, 9.17) is 15.2 Å². The Balaban J connectivity index is 0.00000462. The molecule has 5 rings (SSSR count). The number of unbranched alkanes of at least 4 members (excludes halogenated alkanes) is 1. The first-order chi connectivity index (χ1) is 19.2. The van der Waals surface area contributed by atoms with E-state index in [2.05, 4.69) is 24.5 Å². The Morgan fingerprint density at radius 1 is 1.00 bits per heavy atom. The number of nitrogens with two attached hydrogens (primary N) is 1. The van der Waals surface area contributed by atoms with Gasteiger partial charge in [-0.2, -0.15) is 0 Å². The molecule has 3 atom stereocenters. The second-order valence-electron chi connectivity index (χ2n) is 13.1. The van der Waals surface area contributed by atoms with Crippen LogP contribution in [0.3, 0.4) is 0 Å². The Kier molecular flexibility index (Phi) is 12.8. The standard InChI is InChI=1S/C32H51N3O5.ClH/c1-21(2)25(19-34-30(37)26-8-4-5-9-29(26)40-11-7-6-10-39-3)15-27(33)28(36)20-35-31(38)32-16-22-12-23(17-32)14-24(13-22)18-32;/h4-5,8-9,21-25,27-28,36H,6-7,10-20,33H2,1-3H3,(H,34,37)(H,35,38);1H. The number of amides is 2. The first-order valence-corrected chi connectivity index (χ1v) is 15.4. The van der Waals surface area contributed by atoms with Crippen LogP contribution in [0, 0.1) is 35.0 Å². The molecule has 8 nitrogen and oxygen atoms in total. The van der Waals surface area contributed by atoms with Gasteiger partial charge in [0.2, 0.25) is 5.91 Å². The van der Waals surface area contributed by atoms with E-state index in [9.17, 15) is 14.7 Å². The monoisotopic (exact) mass is 593 g/mol. The predicted octanol–water partition coefficient (Wildman–Crippen LogP) is 4.33. The Hall–Kier alpha value is -1.87. The predicted molar refractivity (Wildman–Crippen MR) is 163 cm³/mol. The average molecular weight is 594 g/mol. The summed E-state index contributed by atoms with van der Waals surface area (Å²) in [6.07, 6.45) is 8.35. The molecule has 232 valence electrons. The highest BCUT2D eigenvalue weighted by Crippen LogP contribution is 2.60. The van der Waals surface area contributed by atoms with Gasteiger partial charge in [-0.25, -0.2) is 0 Å². The SMILES string of the molecule is COCCCCOc1ccccc1C(=O)NCC(CC(N)C(O)CNC(=O)C12CC3CC(CC(C3)C1)C2)C(C)C.Cl. The van der Waals surface area contributed by atoms with Crippen molar-refractivity contribution in [2.45, 2.75) is 83.8 Å². The van der Waals surface area contributed by atoms with Crippen LogP contribution in [0.1, 0.15) is 82.0 Å². The number of nitrogens with one attached hydrogen (secondary N) is 2. The molecule has 0 saturated heterocycles. The van der Waals surface area contributed by atoms with E-state index >= 15 is 0 Å². The maximum atomic E-state index is 13.3. The molecule has 5 N–H and O–H groups in total. The normalized spacial score (nSPS) is 26.6. The molecule has 3 unspecified atom stereocenters. The van der Waals surface area contributed by atoms with Gasteiger partial charge in [0.15, 0.2) is 0 Å². The lowest BCUT2D eigenvalue weighted by Gasteiger charge is -2.55. The molecule has 0 aliphatic heterocycles. The summed E-state index contributed by atoms with van der Waals surface area (Å²) in [5, 5.41) is 17.0. The minimum absolute atomic E-state index is 0. The van der Waals surface area contributed by atoms with Crippen LogP contribution in [0.25, 0.3) is 0 Å². The fourth-order valence-corrected chi connectivity index (χ4v) is 7.65. The third kappa shape index (κ3) is 8.82. The number of hydrogen-bond acceptors (Lipinski definition) is 6. The van der Waals surface area contributed by atoms with Crippen LogP contribution in [-0.2, 0) is 9.53 Å². The molecular formula is C32H52ClN3O5. The van der Waals surface area contributed by atoms with Crippen molar-refractivity contribution in [1.29, 1.82) is 0 Å². The summed E-state index contributed by atoms with van der Waals surface area (Å²) in [6.45, 7) is 6.03. The lowest BCUT2D eigenvalue weighted by Crippen LogP contribution is -2.55. The van der Waals surface area contributed by atoms with E-state index in [1.165, 1.54) is 19.3 Å². The quantitative estimate of drug-likeness (QED) is 0.212. The fourth-order valence-electron chi connectivity index (χ4n) is 7.65. The molecule has 4 aliphatic rings. The average Bonchev–Trinajstić information content (AvgIpc) is 2.92. The van der Waals surface area contributed by atoms with Gasteiger partial charge >= 0.3 is 0 Å². The van der Waals surface area contributed by atoms with Gasteiger partial charge in [0.25, 0.3) is 5.91 Å². The topological polar surface area (TPSA) is 123 Å². The maximum absolute atomic E-state index is 13.3. The van der Waals surface area contributed by atoms with E-state index in [-0.39, 0.29) is 48.0 Å². The summed E-state index contributed by atoms with van der Waals surface area (Å²) < 4.78 is 11.0. The molecule has 0 aromatic heterocycles. The molecule has 0 spiro atoms. The Morgan fingerprint density at radius 3 is 2.22 bits per heavy atom. The van der Waals surface area contributed by atoms with Gasteiger partial charge in [-0.15, -0.1) is 12.4 Å². The highest BCUT2D eigenvalue weighted by Gasteiger charge is 2.54. The fraction of sp³-hybridized carbons (Fsp3) is 0.750. The second kappa shape index (κ2) is 15.6. The number of ether oxygens (including phenoxy) is 2. The number of rotatable bonds is 16. The summed E-state index contributed by atoms with van der Waals surface area (Å²) in [5.41, 5.74) is 6.72. The zero-order valence-corrected chi connectivity index (χ0v) is 25.9. The van der Waals surface area contributed by atoms with Crippen LogP contribution in [0.2, 0.25) is 0 Å². The van der Waals surface area contributed by atoms with Crippen molar-refractivity contribution in [3.63, 3.8) is 0 Å². The van der Waals surface area contributed by atoms with Gasteiger partial charge < -0.3 is 30.9 Å². The number of halogens is 1. The second-order valence-corrected chi connectivity index (χ2v) is 13.1. The third-order valence-electron chi connectivity index (χ3n) is 9.66. The van der Waals surface area contributed by atoms with Crippen molar-refractivity contribution in [2.75, 3.05) is 33.4 Å². The summed E-state index contributed by atoms with van der Waals surface area (Å²) >= 11 is 0. The number of methoxy groups -OCH3 is 1. The maximum Gasteiger partial charge on any atom is 0.255 e. The van der Waals surface area contributed by atoms with Crippen molar-refractivity contribution >= 4 is 24.2 Å². The van der Waals surface area contributed by atoms with Gasteiger partial charge in [0.05, 0.1) is 18.3 Å². The lowest BCUT2D eigenvalue weighted by atomic mass is 9.49. The van der Waals surface area contributed by atoms with Gasteiger partial charge in [-0.05, 0) is 99.5 Å². The molecule has 1 aromatic rings. The smallest absolute Gasteiger partial charge is 0.255 e. The van der Waals surface area contributed by atoms with Gasteiger partial charge in [0.1, 0.15) is 5.75 Å². The number of carbonyl (C=O) groups excluding carboxylic acids is 2. The molecule has 2 amide bonds. The summed E-state index contributed by atoms with van der Waals surface area (Å²) in [4.78, 5) is 26.3. The van der Waals surface area contributed by atoms with Crippen LogP contribution in [0.4, 0.5) is 0 Å². The van der Waals surface area contributed by atoms with E-state index in [1.54, 1.807) is 13.2 Å². The van der Waals surface area contributed by atoms with Crippen molar-refractivity contribution in [3.8, 4) is 5.75 Å². The van der Waals surface area contributed by atoms with E-state index < -0.39 is 12.1 Å². The van der Waals surface area contributed by atoms with Gasteiger partial charge in [0, 0.05) is 38.3 Å². The van der Waals surface area contributed by atoms with Crippen LogP contribution in [-0.4, -0.2) is 62.5 Å². The summed E-state index contributed by atoms with van der Waals surface area (Å²) in [6, 6.07) is 6.78. The van der Waals surface area contributed by atoms with Crippen molar-refractivity contribution in [3.05, 3.63) is 29.8 Å². The molecule has 4 bridgehead atoms. The number of hydrogen-bond donors (Lipinski definition) is 4. The zero-order chi connectivity index (χ0) is 28.7. The molecular weight excluding hydrogens is 542 g/mol. The Labute approximate surface area is 252 Å². The minimum Gasteiger partial charge on any atom is -0.493 e. The molecule has 0 radical (unpaired) electrons. The van der Waals surface area contributed by atoms with E-state index in [0.717, 1.165) is 32.1 Å². The van der Waals surface area contributed by atoms with E-state index in [1.807, 2.05) is 18.2 Å². The van der Waals surface area contributed by atoms with Crippen LogP contribution in [0.15, 0.2) is 24.3 Å². The molecule has 4 fully saturated rings. The number of aliphatic hydroxyl groups excluding tert-OH is 1. The first-order valence-electron chi connectivity index (χ1n) is 15.4. The number of para-hydroxylation sites is 1. The zero-order valence-electron chi connectivity index (χ0n) is 25.1. The number of benzene rings is 1. The van der Waals surface area contributed by atoms with Crippen molar-refractivity contribution < 1.29 is 24.2 Å². The summed E-state index contributed by atoms with van der Waals surface area (Å²) in [7, 11) is 1.68. The van der Waals surface area contributed by atoms with Gasteiger partial charge in [-0.1, -0.05) is 26.0 Å². The molecule has 0 heterocycles. The van der Waals surface area contributed by atoms with E-state index in [0.29, 0.717) is 55.2 Å². The molecule has 9 heteroatoms. The van der Waals surface area contributed by atoms with Crippen LogP contribution >= 0.6 is 12.4 Å². The highest BCUT2D eigenvalue weighted by atomic mass is 35.5. The third-order valence-corrected chi connectivity index (χ3v) is 9.66. The van der Waals surface area contributed by atoms with Crippen LogP contribution in [0.5, 0.6) is 5.75 Å².